The second kappa shape index (κ2) is 6.07. The summed E-state index contributed by atoms with van der Waals surface area (Å²) in [6.07, 6.45) is 3.89. The third kappa shape index (κ3) is 3.29. The van der Waals surface area contributed by atoms with Crippen LogP contribution in [0, 0.1) is 5.92 Å². The second-order valence-corrected chi connectivity index (χ2v) is 8.35. The molecule has 7 nitrogen and oxygen atoms in total. The largest absolute Gasteiger partial charge is 0.347 e. The van der Waals surface area contributed by atoms with E-state index in [9.17, 15) is 13.2 Å². The molecule has 0 N–H and O–H groups in total. The highest BCUT2D eigenvalue weighted by atomic mass is 32.2. The van der Waals surface area contributed by atoms with Gasteiger partial charge in [-0.3, -0.25) is 4.79 Å². The van der Waals surface area contributed by atoms with Crippen LogP contribution in [0.5, 0.6) is 0 Å². The number of hydrogen-bond acceptors (Lipinski definition) is 5. The van der Waals surface area contributed by atoms with Crippen LogP contribution in [0.25, 0.3) is 0 Å². The third-order valence-electron chi connectivity index (χ3n) is 4.92. The molecular formula is C14H24N2O5S. The molecule has 126 valence electrons. The number of amides is 1. The Morgan fingerprint density at radius 1 is 1.05 bits per heavy atom. The summed E-state index contributed by atoms with van der Waals surface area (Å²) in [6, 6.07) is 0. The number of hydrogen-bond donors (Lipinski definition) is 0. The minimum absolute atomic E-state index is 0.0579. The lowest BCUT2D eigenvalue weighted by atomic mass is 9.94. The van der Waals surface area contributed by atoms with Crippen LogP contribution in [0.4, 0.5) is 0 Å². The van der Waals surface area contributed by atoms with Crippen LogP contribution in [-0.4, -0.2) is 75.0 Å². The smallest absolute Gasteiger partial charge is 0.225 e. The van der Waals surface area contributed by atoms with E-state index in [1.54, 1.807) is 0 Å². The zero-order chi connectivity index (χ0) is 15.8. The van der Waals surface area contributed by atoms with Crippen molar-refractivity contribution in [1.82, 2.24) is 9.21 Å². The Kier molecular flexibility index (Phi) is 4.46. The molecule has 0 atom stereocenters. The Hall–Kier alpha value is -0.700. The first-order valence-corrected chi connectivity index (χ1v) is 9.76. The number of likely N-dealkylation sites (tertiary alicyclic amines) is 1. The van der Waals surface area contributed by atoms with Gasteiger partial charge in [0.15, 0.2) is 5.79 Å². The minimum Gasteiger partial charge on any atom is -0.347 e. The van der Waals surface area contributed by atoms with E-state index < -0.39 is 15.8 Å². The summed E-state index contributed by atoms with van der Waals surface area (Å²) in [4.78, 5) is 14.5. The Morgan fingerprint density at radius 3 is 2.09 bits per heavy atom. The quantitative estimate of drug-likeness (QED) is 0.713. The summed E-state index contributed by atoms with van der Waals surface area (Å²) in [6.45, 7) is 3.48. The van der Waals surface area contributed by atoms with Crippen LogP contribution in [-0.2, 0) is 24.3 Å². The Morgan fingerprint density at radius 2 is 1.59 bits per heavy atom. The Balaban J connectivity index is 1.51. The van der Waals surface area contributed by atoms with E-state index in [4.69, 9.17) is 9.47 Å². The molecular weight excluding hydrogens is 308 g/mol. The standard InChI is InChI=1S/C14H24N2O5S/c1-22(18,19)16-6-2-12(3-7-16)13(17)15-8-4-14(5-9-15)20-10-11-21-14/h12H,2-11H2,1H3. The van der Waals surface area contributed by atoms with Gasteiger partial charge in [-0.05, 0) is 12.8 Å². The summed E-state index contributed by atoms with van der Waals surface area (Å²) in [5.74, 6) is -0.366. The molecule has 3 rings (SSSR count). The number of nitrogens with zero attached hydrogens (tertiary/aromatic N) is 2. The van der Waals surface area contributed by atoms with Crippen molar-refractivity contribution < 1.29 is 22.7 Å². The van der Waals surface area contributed by atoms with Crippen LogP contribution in [0.2, 0.25) is 0 Å². The molecule has 22 heavy (non-hydrogen) atoms. The van der Waals surface area contributed by atoms with Crippen molar-refractivity contribution in [2.75, 3.05) is 45.6 Å². The molecule has 3 fully saturated rings. The fourth-order valence-corrected chi connectivity index (χ4v) is 4.42. The van der Waals surface area contributed by atoms with Crippen LogP contribution in [0.3, 0.4) is 0 Å². The minimum atomic E-state index is -3.14. The maximum atomic E-state index is 12.6. The first-order chi connectivity index (χ1) is 10.4. The highest BCUT2D eigenvalue weighted by Gasteiger charge is 2.42. The molecule has 3 aliphatic rings. The molecule has 8 heteroatoms. The zero-order valence-corrected chi connectivity index (χ0v) is 13.8. The molecule has 3 heterocycles. The summed E-state index contributed by atoms with van der Waals surface area (Å²) < 4.78 is 35.8. The summed E-state index contributed by atoms with van der Waals surface area (Å²) in [5, 5.41) is 0. The molecule has 3 aliphatic heterocycles. The highest BCUT2D eigenvalue weighted by molar-refractivity contribution is 7.88. The van der Waals surface area contributed by atoms with Crippen LogP contribution in [0.15, 0.2) is 0 Å². The molecule has 0 aliphatic carbocycles. The topological polar surface area (TPSA) is 76.2 Å². The van der Waals surface area contributed by atoms with Crippen molar-refractivity contribution in [3.05, 3.63) is 0 Å². The summed E-state index contributed by atoms with van der Waals surface area (Å²) in [5.41, 5.74) is 0. The molecule has 0 aromatic heterocycles. The van der Waals surface area contributed by atoms with Crippen molar-refractivity contribution in [3.8, 4) is 0 Å². The molecule has 1 amide bonds. The lowest BCUT2D eigenvalue weighted by molar-refractivity contribution is -0.188. The van der Waals surface area contributed by atoms with Gasteiger partial charge in [0.2, 0.25) is 15.9 Å². The zero-order valence-electron chi connectivity index (χ0n) is 13.0. The van der Waals surface area contributed by atoms with Crippen molar-refractivity contribution in [2.45, 2.75) is 31.5 Å². The van der Waals surface area contributed by atoms with Crippen molar-refractivity contribution in [3.63, 3.8) is 0 Å². The van der Waals surface area contributed by atoms with E-state index in [-0.39, 0.29) is 11.8 Å². The predicted octanol–water partition coefficient (Wildman–Crippen LogP) is 0.0235. The number of piperidine rings is 2. The highest BCUT2D eigenvalue weighted by Crippen LogP contribution is 2.32. The number of ether oxygens (including phenoxy) is 2. The number of sulfonamides is 1. The van der Waals surface area contributed by atoms with Crippen molar-refractivity contribution in [2.24, 2.45) is 5.92 Å². The van der Waals surface area contributed by atoms with Gasteiger partial charge in [-0.2, -0.15) is 0 Å². The molecule has 3 saturated heterocycles. The Bertz CT molecular complexity index is 511. The van der Waals surface area contributed by atoms with E-state index in [0.29, 0.717) is 52.2 Å². The van der Waals surface area contributed by atoms with Gasteiger partial charge in [0.1, 0.15) is 0 Å². The lowest BCUT2D eigenvalue weighted by Gasteiger charge is -2.40. The van der Waals surface area contributed by atoms with E-state index in [1.807, 2.05) is 4.90 Å². The number of carbonyl (C=O) groups excluding carboxylic acids is 1. The van der Waals surface area contributed by atoms with Crippen LogP contribution >= 0.6 is 0 Å². The first-order valence-electron chi connectivity index (χ1n) is 7.91. The summed E-state index contributed by atoms with van der Waals surface area (Å²) >= 11 is 0. The van der Waals surface area contributed by atoms with E-state index >= 15 is 0 Å². The van der Waals surface area contributed by atoms with Gasteiger partial charge in [-0.25, -0.2) is 12.7 Å². The molecule has 0 saturated carbocycles. The Labute approximate surface area is 131 Å². The van der Waals surface area contributed by atoms with Crippen LogP contribution in [0.1, 0.15) is 25.7 Å². The average molecular weight is 332 g/mol. The third-order valence-corrected chi connectivity index (χ3v) is 6.23. The first kappa shape index (κ1) is 16.2. The van der Waals surface area contributed by atoms with Gasteiger partial charge in [0.05, 0.1) is 19.5 Å². The number of carbonyl (C=O) groups is 1. The van der Waals surface area contributed by atoms with Gasteiger partial charge < -0.3 is 14.4 Å². The molecule has 0 unspecified atom stereocenters. The average Bonchev–Trinajstić information content (AvgIpc) is 2.95. The molecule has 1 spiro atoms. The monoisotopic (exact) mass is 332 g/mol. The molecule has 0 aromatic rings. The van der Waals surface area contributed by atoms with E-state index in [1.165, 1.54) is 10.6 Å². The fourth-order valence-electron chi connectivity index (χ4n) is 3.55. The maximum Gasteiger partial charge on any atom is 0.225 e. The summed E-state index contributed by atoms with van der Waals surface area (Å²) in [7, 11) is -3.14. The van der Waals surface area contributed by atoms with Gasteiger partial charge >= 0.3 is 0 Å². The molecule has 0 aromatic carbocycles. The van der Waals surface area contributed by atoms with Gasteiger partial charge in [-0.1, -0.05) is 0 Å². The lowest BCUT2D eigenvalue weighted by Crippen LogP contribution is -2.50. The van der Waals surface area contributed by atoms with E-state index in [2.05, 4.69) is 0 Å². The molecule has 0 radical (unpaired) electrons. The van der Waals surface area contributed by atoms with Crippen molar-refractivity contribution in [1.29, 1.82) is 0 Å². The predicted molar refractivity (Wildman–Crippen MR) is 79.6 cm³/mol. The SMILES string of the molecule is CS(=O)(=O)N1CCC(C(=O)N2CCC3(CC2)OCCO3)CC1. The molecule has 0 bridgehead atoms. The van der Waals surface area contributed by atoms with Gasteiger partial charge in [-0.15, -0.1) is 0 Å². The van der Waals surface area contributed by atoms with Gasteiger partial charge in [0, 0.05) is 44.9 Å². The van der Waals surface area contributed by atoms with E-state index in [0.717, 1.165) is 12.8 Å². The van der Waals surface area contributed by atoms with Gasteiger partial charge in [0.25, 0.3) is 0 Å². The second-order valence-electron chi connectivity index (χ2n) is 6.37. The maximum absolute atomic E-state index is 12.6. The number of rotatable bonds is 2. The van der Waals surface area contributed by atoms with Crippen LogP contribution < -0.4 is 0 Å². The van der Waals surface area contributed by atoms with Crippen molar-refractivity contribution >= 4 is 15.9 Å². The fraction of sp³-hybridized carbons (Fsp3) is 0.929. The normalized spacial score (nSPS) is 27.4.